The highest BCUT2D eigenvalue weighted by molar-refractivity contribution is 5.00. The normalized spacial score (nSPS) is 43.2. The molecular formula is C38H70O21. The topological polar surface area (TPSA) is 216 Å². The Morgan fingerprint density at radius 2 is 0.576 bits per heavy atom. The van der Waals surface area contributed by atoms with Crippen LogP contribution < -0.4 is 0 Å². The Kier molecular flexibility index (Phi) is 21.9. The van der Waals surface area contributed by atoms with Crippen molar-refractivity contribution in [2.75, 3.05) is 112 Å². The van der Waals surface area contributed by atoms with E-state index in [0.29, 0.717) is 0 Å². The van der Waals surface area contributed by atoms with E-state index in [4.69, 9.17) is 90.0 Å². The molecule has 0 radical (unpaired) electrons. The van der Waals surface area contributed by atoms with E-state index in [1.807, 2.05) is 0 Å². The molecule has 0 bridgehead atoms. The highest BCUT2D eigenvalue weighted by Gasteiger charge is 2.57. The molecule has 4 aliphatic heterocycles. The molecule has 4 saturated heterocycles. The average Bonchev–Trinajstić information content (AvgIpc) is 3.24. The number of methoxy groups -OCH3 is 12. The van der Waals surface area contributed by atoms with Crippen molar-refractivity contribution in [3.8, 4) is 0 Å². The molecule has 59 heavy (non-hydrogen) atoms. The number of hydrogen-bond donors (Lipinski definition) is 2. The molecule has 4 rings (SSSR count). The summed E-state index contributed by atoms with van der Waals surface area (Å²) in [6.45, 7) is -0.244. The summed E-state index contributed by atoms with van der Waals surface area (Å²) in [7, 11) is 18.3. The Hall–Kier alpha value is -0.840. The molecule has 4 aliphatic rings. The van der Waals surface area contributed by atoms with Gasteiger partial charge < -0.3 is 100 Å². The minimum atomic E-state index is -1.10. The molecule has 348 valence electrons. The summed E-state index contributed by atoms with van der Waals surface area (Å²) in [5.74, 6) is 0. The van der Waals surface area contributed by atoms with E-state index < -0.39 is 123 Å². The molecule has 0 aromatic heterocycles. The zero-order valence-corrected chi connectivity index (χ0v) is 36.4. The van der Waals surface area contributed by atoms with Crippen molar-refractivity contribution in [3.63, 3.8) is 0 Å². The summed E-state index contributed by atoms with van der Waals surface area (Å²) in [6, 6.07) is 0. The Morgan fingerprint density at radius 1 is 0.305 bits per heavy atom. The number of aliphatic hydroxyl groups excluding tert-OH is 2. The van der Waals surface area contributed by atoms with Crippen LogP contribution in [0.4, 0.5) is 0 Å². The molecule has 2 N–H and O–H groups in total. The standard InChI is InChI=1S/C38H70O21/c1-41-17-21-25(58-36-32(49-9)27(44-4)23(43-3)19(54-36)13-15-39)29(46-6)34(51-11)38(56-21)59-26-22(18-42-2)55-37(33(50-10)30(26)47-7)57-24-20(14-16-40)53-35(52-12)31(48-8)28(24)45-5/h19-40H,13-18H2,1-12H3/t19?,20?,21?,22?,23-,24+,25+,26-,27-,28-,29-,30-,31?,32?,33?,34?,35-,36+,37+,38+/m1/s1. The first-order valence-electron chi connectivity index (χ1n) is 19.7. The van der Waals surface area contributed by atoms with Gasteiger partial charge in [-0.2, -0.15) is 0 Å². The lowest BCUT2D eigenvalue weighted by atomic mass is 9.94. The Morgan fingerprint density at radius 3 is 0.881 bits per heavy atom. The number of hydrogen-bond acceptors (Lipinski definition) is 21. The van der Waals surface area contributed by atoms with Crippen LogP contribution >= 0.6 is 0 Å². The van der Waals surface area contributed by atoms with Gasteiger partial charge in [0.2, 0.25) is 0 Å². The molecule has 4 fully saturated rings. The quantitative estimate of drug-likeness (QED) is 0.118. The molecular weight excluding hydrogens is 792 g/mol. The van der Waals surface area contributed by atoms with Gasteiger partial charge in [-0.15, -0.1) is 0 Å². The van der Waals surface area contributed by atoms with Crippen molar-refractivity contribution in [2.24, 2.45) is 0 Å². The van der Waals surface area contributed by atoms with Gasteiger partial charge in [0.1, 0.15) is 85.5 Å². The summed E-state index contributed by atoms with van der Waals surface area (Å²) in [5.41, 5.74) is 0. The van der Waals surface area contributed by atoms with Gasteiger partial charge >= 0.3 is 0 Å². The Bertz CT molecular complexity index is 1150. The van der Waals surface area contributed by atoms with Gasteiger partial charge in [-0.25, -0.2) is 0 Å². The summed E-state index contributed by atoms with van der Waals surface area (Å²) in [5, 5.41) is 19.8. The molecule has 8 unspecified atom stereocenters. The average molecular weight is 863 g/mol. The fraction of sp³-hybridized carbons (Fsp3) is 1.00. The molecule has 0 aromatic carbocycles. The van der Waals surface area contributed by atoms with Gasteiger partial charge in [0.25, 0.3) is 0 Å². The minimum absolute atomic E-state index is 0.0447. The molecule has 20 atom stereocenters. The van der Waals surface area contributed by atoms with E-state index in [2.05, 4.69) is 0 Å². The molecule has 0 saturated carbocycles. The number of rotatable bonds is 24. The van der Waals surface area contributed by atoms with E-state index in [1.54, 1.807) is 14.2 Å². The van der Waals surface area contributed by atoms with E-state index in [0.717, 1.165) is 0 Å². The highest BCUT2D eigenvalue weighted by Crippen LogP contribution is 2.39. The zero-order valence-electron chi connectivity index (χ0n) is 36.4. The number of aliphatic hydroxyl groups is 2. The molecule has 4 heterocycles. The van der Waals surface area contributed by atoms with Gasteiger partial charge in [0.05, 0.1) is 25.4 Å². The first-order valence-corrected chi connectivity index (χ1v) is 19.7. The molecule has 0 spiro atoms. The van der Waals surface area contributed by atoms with Crippen LogP contribution in [0.5, 0.6) is 0 Å². The van der Waals surface area contributed by atoms with Gasteiger partial charge in [-0.1, -0.05) is 0 Å². The van der Waals surface area contributed by atoms with Gasteiger partial charge in [0, 0.05) is 98.5 Å². The maximum atomic E-state index is 9.95. The lowest BCUT2D eigenvalue weighted by molar-refractivity contribution is -0.394. The molecule has 21 nitrogen and oxygen atoms in total. The lowest BCUT2D eigenvalue weighted by Crippen LogP contribution is -2.68. The third-order valence-corrected chi connectivity index (χ3v) is 11.4. The molecule has 0 amide bonds. The summed E-state index contributed by atoms with van der Waals surface area (Å²) in [4.78, 5) is 0. The van der Waals surface area contributed by atoms with Crippen LogP contribution in [0.15, 0.2) is 0 Å². The fourth-order valence-electron chi connectivity index (χ4n) is 8.66. The first kappa shape index (κ1) is 50.8. The zero-order chi connectivity index (χ0) is 43.2. The van der Waals surface area contributed by atoms with Crippen molar-refractivity contribution >= 4 is 0 Å². The second kappa shape index (κ2) is 25.5. The van der Waals surface area contributed by atoms with Gasteiger partial charge in [-0.3, -0.25) is 0 Å². The van der Waals surface area contributed by atoms with Gasteiger partial charge in [-0.05, 0) is 12.8 Å². The monoisotopic (exact) mass is 862 g/mol. The van der Waals surface area contributed by atoms with Crippen LogP contribution in [0.1, 0.15) is 12.8 Å². The smallest absolute Gasteiger partial charge is 0.187 e. The molecule has 0 aromatic rings. The second-order valence-electron chi connectivity index (χ2n) is 14.4. The van der Waals surface area contributed by atoms with Crippen molar-refractivity contribution in [1.29, 1.82) is 0 Å². The molecule has 21 heteroatoms. The third kappa shape index (κ3) is 11.5. The number of ether oxygens (including phenoxy) is 19. The Labute approximate surface area is 347 Å². The van der Waals surface area contributed by atoms with Crippen molar-refractivity contribution < 1.29 is 100 Å². The summed E-state index contributed by atoms with van der Waals surface area (Å²) >= 11 is 0. The summed E-state index contributed by atoms with van der Waals surface area (Å²) in [6.07, 6.45) is -15.6. The fourth-order valence-corrected chi connectivity index (χ4v) is 8.66. The largest absolute Gasteiger partial charge is 0.396 e. The van der Waals surface area contributed by atoms with Crippen LogP contribution in [-0.4, -0.2) is 245 Å². The van der Waals surface area contributed by atoms with E-state index >= 15 is 0 Å². The lowest BCUT2D eigenvalue weighted by Gasteiger charge is -2.52. The second-order valence-corrected chi connectivity index (χ2v) is 14.4. The highest BCUT2D eigenvalue weighted by atomic mass is 16.8. The van der Waals surface area contributed by atoms with Crippen molar-refractivity contribution in [2.45, 2.75) is 136 Å². The van der Waals surface area contributed by atoms with E-state index in [1.165, 1.54) is 71.1 Å². The predicted octanol–water partition coefficient (Wildman–Crippen LogP) is -1.12. The van der Waals surface area contributed by atoms with Crippen molar-refractivity contribution in [1.82, 2.24) is 0 Å². The first-order chi connectivity index (χ1) is 28.7. The van der Waals surface area contributed by atoms with Crippen LogP contribution in [0.3, 0.4) is 0 Å². The molecule has 0 aliphatic carbocycles. The van der Waals surface area contributed by atoms with Crippen molar-refractivity contribution in [3.05, 3.63) is 0 Å². The minimum Gasteiger partial charge on any atom is -0.396 e. The Balaban J connectivity index is 1.63. The van der Waals surface area contributed by atoms with E-state index in [9.17, 15) is 10.2 Å². The maximum absolute atomic E-state index is 9.95. The SMILES string of the molecule is COCC1O[C@@H](O[C@H]2C(CCO)O[C@@H](OC)C(OC)[C@@H]2OC)C(OC)[C@H](OC)[C@@H]1O[C@@H]1OC(COC)[C@H](O[C@@H]2OC(CCO)[C@@H](OC)[C@@H](OC)C2OC)[C@@H](OC)C1OC. The van der Waals surface area contributed by atoms with Crippen LogP contribution in [0.2, 0.25) is 0 Å². The van der Waals surface area contributed by atoms with Crippen LogP contribution in [-0.2, 0) is 90.0 Å². The third-order valence-electron chi connectivity index (χ3n) is 11.4. The van der Waals surface area contributed by atoms with Crippen LogP contribution in [0, 0.1) is 0 Å². The van der Waals surface area contributed by atoms with E-state index in [-0.39, 0.29) is 39.3 Å². The maximum Gasteiger partial charge on any atom is 0.187 e. The van der Waals surface area contributed by atoms with Crippen LogP contribution in [0.25, 0.3) is 0 Å². The van der Waals surface area contributed by atoms with Gasteiger partial charge in [0.15, 0.2) is 25.2 Å². The summed E-state index contributed by atoms with van der Waals surface area (Å²) < 4.78 is 116. The predicted molar refractivity (Wildman–Crippen MR) is 201 cm³/mol.